The van der Waals surface area contributed by atoms with E-state index in [0.717, 1.165) is 18.8 Å². The van der Waals surface area contributed by atoms with E-state index in [1.54, 1.807) is 6.20 Å². The molecular weight excluding hydrogens is 164 g/mol. The number of nitrogens with one attached hydrogen (secondary N) is 1. The molecule has 1 aromatic rings. The number of rotatable bonds is 4. The van der Waals surface area contributed by atoms with Gasteiger partial charge < -0.3 is 5.32 Å². The van der Waals surface area contributed by atoms with Gasteiger partial charge in [-0.05, 0) is 13.0 Å². The minimum absolute atomic E-state index is 0.0632. The number of hydrogen-bond acceptors (Lipinski definition) is 3. The molecule has 0 saturated heterocycles. The molecule has 13 heavy (non-hydrogen) atoms. The molecule has 4 heteroatoms. The van der Waals surface area contributed by atoms with Crippen molar-refractivity contribution in [2.45, 2.75) is 13.5 Å². The largest absolute Gasteiger partial charge is 0.310 e. The normalized spacial score (nSPS) is 12.4. The predicted molar refractivity (Wildman–Crippen MR) is 49.7 cm³/mol. The van der Waals surface area contributed by atoms with E-state index in [1.807, 2.05) is 24.7 Å². The lowest BCUT2D eigenvalue weighted by molar-refractivity contribution is 0.574. The Hall–Kier alpha value is -1.34. The topological polar surface area (TPSA) is 53.6 Å². The van der Waals surface area contributed by atoms with E-state index in [1.165, 1.54) is 0 Å². The third-order valence-electron chi connectivity index (χ3n) is 1.90. The van der Waals surface area contributed by atoms with Crippen molar-refractivity contribution in [3.63, 3.8) is 0 Å². The van der Waals surface area contributed by atoms with Gasteiger partial charge in [0.15, 0.2) is 0 Å². The fourth-order valence-electron chi connectivity index (χ4n) is 1.04. The summed E-state index contributed by atoms with van der Waals surface area (Å²) in [6, 6.07) is 4.14. The molecule has 1 N–H and O–H groups in total. The van der Waals surface area contributed by atoms with Crippen LogP contribution in [0.25, 0.3) is 0 Å². The Morgan fingerprint density at radius 1 is 1.77 bits per heavy atom. The molecule has 1 rings (SSSR count). The second kappa shape index (κ2) is 4.63. The highest BCUT2D eigenvalue weighted by Gasteiger charge is 2.00. The molecule has 1 atom stereocenters. The molecule has 0 radical (unpaired) electrons. The van der Waals surface area contributed by atoms with Crippen molar-refractivity contribution in [1.29, 1.82) is 5.26 Å². The summed E-state index contributed by atoms with van der Waals surface area (Å²) >= 11 is 0. The molecule has 0 aliphatic heterocycles. The summed E-state index contributed by atoms with van der Waals surface area (Å²) in [4.78, 5) is 0. The van der Waals surface area contributed by atoms with Crippen LogP contribution in [-0.2, 0) is 13.6 Å². The molecule has 0 fully saturated rings. The van der Waals surface area contributed by atoms with Crippen LogP contribution in [0.3, 0.4) is 0 Å². The van der Waals surface area contributed by atoms with Crippen LogP contribution in [0.15, 0.2) is 12.3 Å². The van der Waals surface area contributed by atoms with Crippen molar-refractivity contribution in [2.24, 2.45) is 13.0 Å². The smallest absolute Gasteiger partial charge is 0.0666 e. The second-order valence-corrected chi connectivity index (χ2v) is 3.11. The Morgan fingerprint density at radius 3 is 3.08 bits per heavy atom. The second-order valence-electron chi connectivity index (χ2n) is 3.11. The number of hydrogen-bond donors (Lipinski definition) is 1. The molecule has 1 aromatic heterocycles. The number of nitrogens with zero attached hydrogens (tertiary/aromatic N) is 3. The molecule has 1 heterocycles. The first-order valence-electron chi connectivity index (χ1n) is 4.31. The lowest BCUT2D eigenvalue weighted by Gasteiger charge is -2.05. The fourth-order valence-corrected chi connectivity index (χ4v) is 1.04. The van der Waals surface area contributed by atoms with Crippen LogP contribution in [0.5, 0.6) is 0 Å². The van der Waals surface area contributed by atoms with Gasteiger partial charge in [0.05, 0.1) is 17.7 Å². The third-order valence-corrected chi connectivity index (χ3v) is 1.90. The molecular formula is C9H14N4. The summed E-state index contributed by atoms with van der Waals surface area (Å²) < 4.78 is 1.82. The van der Waals surface area contributed by atoms with E-state index < -0.39 is 0 Å². The van der Waals surface area contributed by atoms with Gasteiger partial charge in [0.25, 0.3) is 0 Å². The standard InChI is InChI=1S/C9H14N4/c1-8(5-10)6-11-7-9-3-4-12-13(9)2/h3-4,8,11H,6-7H2,1-2H3. The van der Waals surface area contributed by atoms with Crippen molar-refractivity contribution < 1.29 is 0 Å². The van der Waals surface area contributed by atoms with Gasteiger partial charge in [0.2, 0.25) is 0 Å². The van der Waals surface area contributed by atoms with Crippen LogP contribution >= 0.6 is 0 Å². The average Bonchev–Trinajstić information content (AvgIpc) is 2.52. The van der Waals surface area contributed by atoms with Crippen molar-refractivity contribution in [3.05, 3.63) is 18.0 Å². The minimum Gasteiger partial charge on any atom is -0.310 e. The highest BCUT2D eigenvalue weighted by Crippen LogP contribution is 1.96. The maximum atomic E-state index is 8.54. The van der Waals surface area contributed by atoms with Gasteiger partial charge in [0, 0.05) is 26.3 Å². The van der Waals surface area contributed by atoms with E-state index >= 15 is 0 Å². The van der Waals surface area contributed by atoms with Gasteiger partial charge >= 0.3 is 0 Å². The Kier molecular flexibility index (Phi) is 3.47. The van der Waals surface area contributed by atoms with Gasteiger partial charge in [-0.15, -0.1) is 0 Å². The summed E-state index contributed by atoms with van der Waals surface area (Å²) in [6.07, 6.45) is 1.77. The summed E-state index contributed by atoms with van der Waals surface area (Å²) in [7, 11) is 1.91. The van der Waals surface area contributed by atoms with Crippen molar-refractivity contribution in [2.75, 3.05) is 6.54 Å². The van der Waals surface area contributed by atoms with Gasteiger partial charge in [-0.2, -0.15) is 10.4 Å². The molecule has 0 amide bonds. The van der Waals surface area contributed by atoms with Crippen LogP contribution in [0.4, 0.5) is 0 Å². The van der Waals surface area contributed by atoms with E-state index in [0.29, 0.717) is 0 Å². The molecule has 0 aliphatic carbocycles. The van der Waals surface area contributed by atoms with Crippen molar-refractivity contribution in [1.82, 2.24) is 15.1 Å². The maximum absolute atomic E-state index is 8.54. The van der Waals surface area contributed by atoms with E-state index in [2.05, 4.69) is 16.5 Å². The van der Waals surface area contributed by atoms with Gasteiger partial charge in [-0.25, -0.2) is 0 Å². The number of aromatic nitrogens is 2. The monoisotopic (exact) mass is 178 g/mol. The third kappa shape index (κ3) is 2.88. The summed E-state index contributed by atoms with van der Waals surface area (Å²) in [5.41, 5.74) is 1.13. The fraction of sp³-hybridized carbons (Fsp3) is 0.556. The molecule has 1 unspecified atom stereocenters. The number of nitriles is 1. The average molecular weight is 178 g/mol. The van der Waals surface area contributed by atoms with Crippen molar-refractivity contribution in [3.8, 4) is 6.07 Å². The summed E-state index contributed by atoms with van der Waals surface area (Å²) in [5, 5.41) is 15.8. The first kappa shape index (κ1) is 9.75. The predicted octanol–water partition coefficient (Wildman–Crippen LogP) is 0.669. The summed E-state index contributed by atoms with van der Waals surface area (Å²) in [5.74, 6) is 0.0632. The molecule has 0 saturated carbocycles. The van der Waals surface area contributed by atoms with Crippen LogP contribution in [-0.4, -0.2) is 16.3 Å². The Bertz CT molecular complexity index is 297. The first-order chi connectivity index (χ1) is 6.24. The Labute approximate surface area is 78.2 Å². The van der Waals surface area contributed by atoms with Crippen LogP contribution < -0.4 is 5.32 Å². The molecule has 0 bridgehead atoms. The lowest BCUT2D eigenvalue weighted by Crippen LogP contribution is -2.21. The summed E-state index contributed by atoms with van der Waals surface area (Å²) in [6.45, 7) is 3.39. The minimum atomic E-state index is 0.0632. The number of aryl methyl sites for hydroxylation is 1. The van der Waals surface area contributed by atoms with E-state index in [9.17, 15) is 0 Å². The quantitative estimate of drug-likeness (QED) is 0.737. The zero-order valence-electron chi connectivity index (χ0n) is 7.99. The lowest BCUT2D eigenvalue weighted by atomic mass is 10.2. The molecule has 0 spiro atoms. The zero-order chi connectivity index (χ0) is 9.68. The van der Waals surface area contributed by atoms with Crippen LogP contribution in [0.2, 0.25) is 0 Å². The van der Waals surface area contributed by atoms with Crippen LogP contribution in [0.1, 0.15) is 12.6 Å². The van der Waals surface area contributed by atoms with Gasteiger partial charge in [0.1, 0.15) is 0 Å². The molecule has 0 aliphatic rings. The van der Waals surface area contributed by atoms with Gasteiger partial charge in [-0.3, -0.25) is 4.68 Å². The highest BCUT2D eigenvalue weighted by molar-refractivity contribution is 4.99. The molecule has 0 aromatic carbocycles. The first-order valence-corrected chi connectivity index (χ1v) is 4.31. The van der Waals surface area contributed by atoms with E-state index in [-0.39, 0.29) is 5.92 Å². The molecule has 70 valence electrons. The van der Waals surface area contributed by atoms with E-state index in [4.69, 9.17) is 5.26 Å². The van der Waals surface area contributed by atoms with Crippen LogP contribution in [0, 0.1) is 17.2 Å². The van der Waals surface area contributed by atoms with Crippen molar-refractivity contribution >= 4 is 0 Å². The Balaban J connectivity index is 2.29. The zero-order valence-corrected chi connectivity index (χ0v) is 7.99. The highest BCUT2D eigenvalue weighted by atomic mass is 15.3. The molecule has 4 nitrogen and oxygen atoms in total. The maximum Gasteiger partial charge on any atom is 0.0666 e. The van der Waals surface area contributed by atoms with Gasteiger partial charge in [-0.1, -0.05) is 0 Å². The SMILES string of the molecule is CC(C#N)CNCc1ccnn1C. The Morgan fingerprint density at radius 2 is 2.54 bits per heavy atom.